The minimum atomic E-state index is -2.91. The average molecular weight is 220 g/mol. The fourth-order valence-corrected chi connectivity index (χ4v) is 3.08. The van der Waals surface area contributed by atoms with Crippen molar-refractivity contribution in [3.05, 3.63) is 0 Å². The predicted molar refractivity (Wildman–Crippen MR) is 52.3 cm³/mol. The van der Waals surface area contributed by atoms with E-state index in [0.29, 0.717) is 19.3 Å². The van der Waals surface area contributed by atoms with Gasteiger partial charge in [-0.2, -0.15) is 0 Å². The second-order valence-corrected chi connectivity index (χ2v) is 4.54. The number of carbonyl (C=O) groups is 1. The van der Waals surface area contributed by atoms with Crippen LogP contribution in [0.5, 0.6) is 0 Å². The predicted octanol–water partition coefficient (Wildman–Crippen LogP) is 1.76. The Morgan fingerprint density at radius 3 is 1.79 bits per heavy atom. The lowest BCUT2D eigenvalue weighted by molar-refractivity contribution is -0.172. The molecule has 0 aliphatic heterocycles. The Kier molecular flexibility index (Phi) is 5.24. The number of rotatable bonds is 6. The molecule has 0 aliphatic carbocycles. The number of hydrogen-bond acceptors (Lipinski definition) is 3. The molecular weight excluding hydrogens is 203 g/mol. The maximum atomic E-state index is 10.9. The van der Waals surface area contributed by atoms with Gasteiger partial charge in [0.25, 0.3) is 5.66 Å². The first-order chi connectivity index (χ1) is 6.45. The first-order valence-corrected chi connectivity index (χ1v) is 6.06. The molecule has 5 heteroatoms. The molecule has 0 heterocycles. The molecule has 0 saturated carbocycles. The van der Waals surface area contributed by atoms with E-state index in [1.807, 2.05) is 20.8 Å². The largest absolute Gasteiger partial charge is 0.595 e. The second kappa shape index (κ2) is 5.42. The molecule has 1 N–H and O–H groups in total. The van der Waals surface area contributed by atoms with E-state index >= 15 is 0 Å². The van der Waals surface area contributed by atoms with E-state index in [2.05, 4.69) is 0 Å². The smallest absolute Gasteiger partial charge is 0.356 e. The van der Waals surface area contributed by atoms with Crippen LogP contribution in [0.15, 0.2) is 0 Å². The van der Waals surface area contributed by atoms with Gasteiger partial charge in [-0.1, -0.05) is 25.3 Å². The van der Waals surface area contributed by atoms with Crippen LogP contribution in [0.3, 0.4) is 0 Å². The summed E-state index contributed by atoms with van der Waals surface area (Å²) in [7, 11) is -2.91. The molecule has 0 rings (SSSR count). The zero-order chi connectivity index (χ0) is 11.4. The van der Waals surface area contributed by atoms with Crippen molar-refractivity contribution in [2.24, 2.45) is 5.41 Å². The van der Waals surface area contributed by atoms with Gasteiger partial charge in [-0.15, -0.1) is 0 Å². The molecule has 82 valence electrons. The summed E-state index contributed by atoms with van der Waals surface area (Å²) in [5.41, 5.74) is -1.86. The van der Waals surface area contributed by atoms with E-state index in [1.54, 1.807) is 0 Å². The fourth-order valence-electron chi connectivity index (χ4n) is 1.91. The van der Waals surface area contributed by atoms with Gasteiger partial charge in [-0.05, 0) is 19.3 Å². The second-order valence-electron chi connectivity index (χ2n) is 3.45. The SMILES string of the molecule is CCC(CC)(CC)C(C(=O)O)[P+](=O)[O-]. The molecule has 0 aromatic carbocycles. The summed E-state index contributed by atoms with van der Waals surface area (Å²) in [6.07, 6.45) is 1.71. The Balaban J connectivity index is 5.10. The van der Waals surface area contributed by atoms with Crippen molar-refractivity contribution in [3.63, 3.8) is 0 Å². The molecule has 0 spiro atoms. The quantitative estimate of drug-likeness (QED) is 0.692. The molecule has 0 aromatic heterocycles. The van der Waals surface area contributed by atoms with Gasteiger partial charge >= 0.3 is 14.0 Å². The van der Waals surface area contributed by atoms with Gasteiger partial charge in [0, 0.05) is 5.41 Å². The van der Waals surface area contributed by atoms with E-state index in [0.717, 1.165) is 0 Å². The molecule has 0 saturated heterocycles. The number of aliphatic carboxylic acids is 1. The highest BCUT2D eigenvalue weighted by atomic mass is 31.1. The molecule has 2 unspecified atom stereocenters. The van der Waals surface area contributed by atoms with Crippen LogP contribution in [0.2, 0.25) is 0 Å². The summed E-state index contributed by atoms with van der Waals surface area (Å²) < 4.78 is 10.9. The summed E-state index contributed by atoms with van der Waals surface area (Å²) in [6, 6.07) is 0. The summed E-state index contributed by atoms with van der Waals surface area (Å²) >= 11 is 0. The molecule has 0 aromatic rings. The fraction of sp³-hybridized carbons (Fsp3) is 0.889. The molecule has 0 aliphatic rings. The third kappa shape index (κ3) is 2.52. The van der Waals surface area contributed by atoms with Crippen LogP contribution in [0.4, 0.5) is 0 Å². The lowest BCUT2D eigenvalue weighted by atomic mass is 9.76. The van der Waals surface area contributed by atoms with Crippen LogP contribution in [0.1, 0.15) is 40.0 Å². The topological polar surface area (TPSA) is 77.4 Å². The van der Waals surface area contributed by atoms with Crippen molar-refractivity contribution in [2.45, 2.75) is 45.7 Å². The van der Waals surface area contributed by atoms with Crippen LogP contribution in [0.25, 0.3) is 0 Å². The van der Waals surface area contributed by atoms with Gasteiger partial charge in [0.15, 0.2) is 0 Å². The van der Waals surface area contributed by atoms with Gasteiger partial charge in [0.05, 0.1) is 0 Å². The summed E-state index contributed by atoms with van der Waals surface area (Å²) in [5, 5.41) is 8.89. The lowest BCUT2D eigenvalue weighted by Gasteiger charge is -2.30. The third-order valence-corrected chi connectivity index (χ3v) is 4.33. The minimum Gasteiger partial charge on any atom is -0.595 e. The maximum Gasteiger partial charge on any atom is 0.356 e. The van der Waals surface area contributed by atoms with E-state index in [4.69, 9.17) is 5.11 Å². The zero-order valence-corrected chi connectivity index (χ0v) is 9.71. The van der Waals surface area contributed by atoms with Crippen molar-refractivity contribution in [1.82, 2.24) is 0 Å². The highest BCUT2D eigenvalue weighted by Crippen LogP contribution is 2.43. The number of carboxylic acid groups (broad SMARTS) is 1. The van der Waals surface area contributed by atoms with Crippen molar-refractivity contribution in [3.8, 4) is 0 Å². The van der Waals surface area contributed by atoms with E-state index < -0.39 is 25.1 Å². The molecule has 14 heavy (non-hydrogen) atoms. The van der Waals surface area contributed by atoms with Crippen LogP contribution in [-0.2, 0) is 9.36 Å². The molecule has 0 amide bonds. The van der Waals surface area contributed by atoms with E-state index in [-0.39, 0.29) is 0 Å². The monoisotopic (exact) mass is 220 g/mol. The highest BCUT2D eigenvalue weighted by molar-refractivity contribution is 7.38. The third-order valence-electron chi connectivity index (χ3n) is 3.14. The van der Waals surface area contributed by atoms with E-state index in [1.165, 1.54) is 0 Å². The normalized spacial score (nSPS) is 15.0. The first kappa shape index (κ1) is 13.5. The highest BCUT2D eigenvalue weighted by Gasteiger charge is 2.48. The Hall–Kier alpha value is -0.470. The standard InChI is InChI=1S/C9H17O4P/c1-4-9(5-2,6-3)7(8(10)11)14(12)13/h7H,4-6H2,1-3H3,(H,10,11). The zero-order valence-electron chi connectivity index (χ0n) is 8.82. The van der Waals surface area contributed by atoms with Crippen LogP contribution in [0, 0.1) is 5.41 Å². The summed E-state index contributed by atoms with van der Waals surface area (Å²) in [4.78, 5) is 21.8. The van der Waals surface area contributed by atoms with Gasteiger partial charge in [0.2, 0.25) is 0 Å². The lowest BCUT2D eigenvalue weighted by Crippen LogP contribution is -2.39. The van der Waals surface area contributed by atoms with Crippen LogP contribution < -0.4 is 4.89 Å². The average Bonchev–Trinajstić information content (AvgIpc) is 2.12. The number of hydrogen-bond donors (Lipinski definition) is 1. The van der Waals surface area contributed by atoms with Gasteiger partial charge in [-0.25, -0.2) is 4.79 Å². The number of carboxylic acids is 1. The minimum absolute atomic E-state index is 0.570. The Morgan fingerprint density at radius 1 is 1.36 bits per heavy atom. The maximum absolute atomic E-state index is 10.9. The van der Waals surface area contributed by atoms with Gasteiger partial charge in [-0.3, -0.25) is 0 Å². The van der Waals surface area contributed by atoms with Gasteiger partial charge in [0.1, 0.15) is 0 Å². The summed E-state index contributed by atoms with van der Waals surface area (Å²) in [6.45, 7) is 5.51. The Bertz CT molecular complexity index is 201. The molecule has 2 atom stereocenters. The first-order valence-electron chi connectivity index (χ1n) is 4.81. The van der Waals surface area contributed by atoms with Crippen LogP contribution >= 0.6 is 8.03 Å². The van der Waals surface area contributed by atoms with Crippen molar-refractivity contribution in [1.29, 1.82) is 0 Å². The van der Waals surface area contributed by atoms with Crippen molar-refractivity contribution in [2.75, 3.05) is 0 Å². The molecular formula is C9H17O4P. The molecule has 0 bridgehead atoms. The van der Waals surface area contributed by atoms with Crippen LogP contribution in [-0.4, -0.2) is 16.7 Å². The van der Waals surface area contributed by atoms with Crippen molar-refractivity contribution >= 4 is 14.0 Å². The van der Waals surface area contributed by atoms with Gasteiger partial charge < -0.3 is 10.00 Å². The molecule has 4 nitrogen and oxygen atoms in total. The summed E-state index contributed by atoms with van der Waals surface area (Å²) in [5.74, 6) is -1.23. The Labute approximate surface area is 85.2 Å². The van der Waals surface area contributed by atoms with Crippen molar-refractivity contribution < 1.29 is 19.4 Å². The molecule has 0 fully saturated rings. The molecule has 0 radical (unpaired) electrons. The Morgan fingerprint density at radius 2 is 1.71 bits per heavy atom. The van der Waals surface area contributed by atoms with E-state index in [9.17, 15) is 14.3 Å².